The molecule has 17 heavy (non-hydrogen) atoms. The Morgan fingerprint density at radius 1 is 1.29 bits per heavy atom. The molecule has 0 atom stereocenters. The summed E-state index contributed by atoms with van der Waals surface area (Å²) in [5.74, 6) is 0.438. The molecule has 2 rings (SSSR count). The number of nitrogens with one attached hydrogen (secondary N) is 1. The molecule has 0 amide bonds. The van der Waals surface area contributed by atoms with Gasteiger partial charge in [-0.1, -0.05) is 12.1 Å². The molecule has 0 fully saturated rings. The number of anilines is 1. The lowest BCUT2D eigenvalue weighted by molar-refractivity contribution is 0.602. The van der Waals surface area contributed by atoms with Gasteiger partial charge < -0.3 is 5.73 Å². The Morgan fingerprint density at radius 2 is 1.88 bits per heavy atom. The van der Waals surface area contributed by atoms with Crippen molar-refractivity contribution in [3.63, 3.8) is 0 Å². The van der Waals surface area contributed by atoms with Crippen LogP contribution in [0.15, 0.2) is 29.2 Å². The first-order valence-electron chi connectivity index (χ1n) is 4.69. The van der Waals surface area contributed by atoms with E-state index in [1.165, 1.54) is 6.26 Å². The predicted molar refractivity (Wildman–Crippen MR) is 74.3 cm³/mol. The summed E-state index contributed by atoms with van der Waals surface area (Å²) >= 11 is 2.09. The first kappa shape index (κ1) is 12.4. The first-order valence-corrected chi connectivity index (χ1v) is 7.66. The normalized spacial score (nSPS) is 11.6. The third kappa shape index (κ3) is 2.44. The number of hydrogen-bond donors (Lipinski definition) is 2. The molecule has 0 aliphatic rings. The van der Waals surface area contributed by atoms with Crippen molar-refractivity contribution in [3.8, 4) is 11.3 Å². The van der Waals surface area contributed by atoms with Gasteiger partial charge in [-0.15, -0.1) is 0 Å². The highest BCUT2D eigenvalue weighted by atomic mass is 127. The van der Waals surface area contributed by atoms with Crippen molar-refractivity contribution >= 4 is 38.2 Å². The van der Waals surface area contributed by atoms with Crippen molar-refractivity contribution in [2.75, 3.05) is 12.0 Å². The molecule has 1 aromatic carbocycles. The van der Waals surface area contributed by atoms with Gasteiger partial charge in [0.2, 0.25) is 0 Å². The zero-order valence-electron chi connectivity index (χ0n) is 8.94. The van der Waals surface area contributed by atoms with Crippen LogP contribution in [0.1, 0.15) is 0 Å². The molecule has 0 saturated heterocycles. The molecule has 0 saturated carbocycles. The minimum Gasteiger partial charge on any atom is -0.381 e. The smallest absolute Gasteiger partial charge is 0.175 e. The molecule has 3 N–H and O–H groups in total. The Labute approximate surface area is 112 Å². The SMILES string of the molecule is CS(=O)(=O)c1ccc(-c2[nH]nc(N)c2I)cc1. The van der Waals surface area contributed by atoms with Crippen molar-refractivity contribution in [2.45, 2.75) is 4.90 Å². The van der Waals surface area contributed by atoms with Gasteiger partial charge in [0.1, 0.15) is 0 Å². The van der Waals surface area contributed by atoms with Crippen LogP contribution in [0, 0.1) is 3.57 Å². The monoisotopic (exact) mass is 363 g/mol. The first-order chi connectivity index (χ1) is 7.89. The number of aromatic amines is 1. The van der Waals surface area contributed by atoms with Gasteiger partial charge in [0.15, 0.2) is 15.7 Å². The van der Waals surface area contributed by atoms with Crippen LogP contribution < -0.4 is 5.73 Å². The Balaban J connectivity index is 2.46. The summed E-state index contributed by atoms with van der Waals surface area (Å²) in [6.07, 6.45) is 1.18. The fourth-order valence-corrected chi connectivity index (χ4v) is 2.59. The van der Waals surface area contributed by atoms with Crippen molar-refractivity contribution < 1.29 is 8.42 Å². The van der Waals surface area contributed by atoms with Crippen molar-refractivity contribution in [1.82, 2.24) is 10.2 Å². The van der Waals surface area contributed by atoms with E-state index in [2.05, 4.69) is 32.8 Å². The lowest BCUT2D eigenvalue weighted by atomic mass is 10.1. The third-order valence-corrected chi connectivity index (χ3v) is 4.52. The summed E-state index contributed by atoms with van der Waals surface area (Å²) in [5, 5.41) is 6.71. The fraction of sp³-hybridized carbons (Fsp3) is 0.100. The molecule has 1 heterocycles. The lowest BCUT2D eigenvalue weighted by Crippen LogP contribution is -1.96. The highest BCUT2D eigenvalue weighted by Gasteiger charge is 2.11. The molecule has 0 bridgehead atoms. The number of sulfone groups is 1. The summed E-state index contributed by atoms with van der Waals surface area (Å²) in [4.78, 5) is 0.295. The van der Waals surface area contributed by atoms with E-state index >= 15 is 0 Å². The largest absolute Gasteiger partial charge is 0.381 e. The number of nitrogens with two attached hydrogens (primary N) is 1. The molecule has 1 aromatic heterocycles. The summed E-state index contributed by atoms with van der Waals surface area (Å²) in [6, 6.07) is 6.59. The number of nitrogen functional groups attached to an aromatic ring is 1. The number of hydrogen-bond acceptors (Lipinski definition) is 4. The topological polar surface area (TPSA) is 88.8 Å². The van der Waals surface area contributed by atoms with Crippen molar-refractivity contribution in [1.29, 1.82) is 0 Å². The lowest BCUT2D eigenvalue weighted by Gasteiger charge is -2.01. The Hall–Kier alpha value is -1.09. The standard InChI is InChI=1S/C10H10IN3O2S/c1-17(15,16)7-4-2-6(3-5-7)9-8(11)10(12)14-13-9/h2-5H,1H3,(H3,12,13,14). The van der Waals surface area contributed by atoms with Crippen LogP contribution in [-0.2, 0) is 9.84 Å². The van der Waals surface area contributed by atoms with Crippen molar-refractivity contribution in [2.24, 2.45) is 0 Å². The van der Waals surface area contributed by atoms with E-state index in [0.29, 0.717) is 10.7 Å². The Morgan fingerprint density at radius 3 is 2.29 bits per heavy atom. The van der Waals surface area contributed by atoms with Crippen LogP contribution in [0.25, 0.3) is 11.3 Å². The van der Waals surface area contributed by atoms with Crippen LogP contribution in [-0.4, -0.2) is 24.9 Å². The molecule has 7 heteroatoms. The van der Waals surface area contributed by atoms with E-state index in [-0.39, 0.29) is 0 Å². The van der Waals surface area contributed by atoms with Gasteiger partial charge in [0.05, 0.1) is 14.2 Å². The van der Waals surface area contributed by atoms with E-state index in [0.717, 1.165) is 14.8 Å². The van der Waals surface area contributed by atoms with Crippen LogP contribution in [0.2, 0.25) is 0 Å². The number of H-pyrrole nitrogens is 1. The molecule has 5 nitrogen and oxygen atoms in total. The van der Waals surface area contributed by atoms with Gasteiger partial charge >= 0.3 is 0 Å². The van der Waals surface area contributed by atoms with E-state index in [1.807, 2.05) is 0 Å². The van der Waals surface area contributed by atoms with Crippen LogP contribution in [0.3, 0.4) is 0 Å². The zero-order chi connectivity index (χ0) is 12.6. The highest BCUT2D eigenvalue weighted by Crippen LogP contribution is 2.27. The maximum Gasteiger partial charge on any atom is 0.175 e. The van der Waals surface area contributed by atoms with Gasteiger partial charge in [0, 0.05) is 11.8 Å². The van der Waals surface area contributed by atoms with Crippen LogP contribution in [0.5, 0.6) is 0 Å². The molecule has 0 aliphatic carbocycles. The summed E-state index contributed by atoms with van der Waals surface area (Å²) in [5.41, 5.74) is 7.28. The number of halogens is 1. The molecule has 0 aliphatic heterocycles. The van der Waals surface area contributed by atoms with Gasteiger partial charge in [-0.05, 0) is 34.7 Å². The summed E-state index contributed by atoms with van der Waals surface area (Å²) < 4.78 is 23.4. The van der Waals surface area contributed by atoms with Gasteiger partial charge in [-0.25, -0.2) is 8.42 Å². The Bertz CT molecular complexity index is 647. The molecular weight excluding hydrogens is 353 g/mol. The van der Waals surface area contributed by atoms with Gasteiger partial charge in [-0.2, -0.15) is 5.10 Å². The minimum absolute atomic E-state index is 0.295. The molecule has 0 radical (unpaired) electrons. The average molecular weight is 363 g/mol. The molecule has 90 valence electrons. The van der Waals surface area contributed by atoms with E-state index in [9.17, 15) is 8.42 Å². The van der Waals surface area contributed by atoms with Gasteiger partial charge in [-0.3, -0.25) is 5.10 Å². The number of benzene rings is 1. The van der Waals surface area contributed by atoms with E-state index in [1.54, 1.807) is 24.3 Å². The quantitative estimate of drug-likeness (QED) is 0.795. The number of rotatable bonds is 2. The second-order valence-electron chi connectivity index (χ2n) is 3.59. The van der Waals surface area contributed by atoms with E-state index in [4.69, 9.17) is 5.73 Å². The zero-order valence-corrected chi connectivity index (χ0v) is 11.9. The maximum atomic E-state index is 11.3. The minimum atomic E-state index is -3.16. The Kier molecular flexibility index (Phi) is 3.13. The average Bonchev–Trinajstić information content (AvgIpc) is 2.59. The van der Waals surface area contributed by atoms with E-state index < -0.39 is 9.84 Å². The maximum absolute atomic E-state index is 11.3. The van der Waals surface area contributed by atoms with Crippen LogP contribution >= 0.6 is 22.6 Å². The fourth-order valence-electron chi connectivity index (χ4n) is 1.40. The molecule has 2 aromatic rings. The van der Waals surface area contributed by atoms with Crippen LogP contribution in [0.4, 0.5) is 5.82 Å². The predicted octanol–water partition coefficient (Wildman–Crippen LogP) is 1.67. The van der Waals surface area contributed by atoms with Crippen molar-refractivity contribution in [3.05, 3.63) is 27.8 Å². The number of nitrogens with zero attached hydrogens (tertiary/aromatic N) is 1. The molecular formula is C10H10IN3O2S. The summed E-state index contributed by atoms with van der Waals surface area (Å²) in [6.45, 7) is 0. The second-order valence-corrected chi connectivity index (χ2v) is 6.69. The molecule has 0 unspecified atom stereocenters. The highest BCUT2D eigenvalue weighted by molar-refractivity contribution is 14.1. The number of aromatic nitrogens is 2. The molecule has 0 spiro atoms. The third-order valence-electron chi connectivity index (χ3n) is 2.30. The second kappa shape index (κ2) is 4.30. The van der Waals surface area contributed by atoms with Gasteiger partial charge in [0.25, 0.3) is 0 Å². The summed E-state index contributed by atoms with van der Waals surface area (Å²) in [7, 11) is -3.16.